The third-order valence-electron chi connectivity index (χ3n) is 8.75. The molecular weight excluding hydrogens is 482 g/mol. The Labute approximate surface area is 214 Å². The van der Waals surface area contributed by atoms with Gasteiger partial charge in [0.15, 0.2) is 5.82 Å². The maximum atomic E-state index is 13.9. The first kappa shape index (κ1) is 22.6. The summed E-state index contributed by atoms with van der Waals surface area (Å²) in [5.74, 6) is 0.598. The summed E-state index contributed by atoms with van der Waals surface area (Å²) >= 11 is 6.38. The summed E-state index contributed by atoms with van der Waals surface area (Å²) in [6.45, 7) is 7.07. The molecule has 2 aliphatic carbocycles. The fourth-order valence-corrected chi connectivity index (χ4v) is 7.21. The van der Waals surface area contributed by atoms with Crippen LogP contribution in [0.1, 0.15) is 61.4 Å². The van der Waals surface area contributed by atoms with Crippen LogP contribution in [0.2, 0.25) is 5.02 Å². The Kier molecular flexibility index (Phi) is 4.70. The monoisotopic (exact) mass is 510 g/mol. The van der Waals surface area contributed by atoms with Crippen LogP contribution in [0.4, 0.5) is 14.6 Å². The van der Waals surface area contributed by atoms with Crippen LogP contribution in [-0.2, 0) is 13.1 Å². The zero-order valence-corrected chi connectivity index (χ0v) is 21.3. The van der Waals surface area contributed by atoms with Gasteiger partial charge in [-0.15, -0.1) is 10.2 Å². The Morgan fingerprint density at radius 1 is 1.03 bits per heavy atom. The highest BCUT2D eigenvalue weighted by atomic mass is 35.5. The summed E-state index contributed by atoms with van der Waals surface area (Å²) in [7, 11) is 0. The average Bonchev–Trinajstić information content (AvgIpc) is 3.05. The molecule has 1 saturated heterocycles. The van der Waals surface area contributed by atoms with Gasteiger partial charge in [-0.05, 0) is 62.6 Å². The molecule has 0 radical (unpaired) electrons. The van der Waals surface area contributed by atoms with Crippen LogP contribution < -0.4 is 4.90 Å². The van der Waals surface area contributed by atoms with Crippen molar-refractivity contribution >= 4 is 17.4 Å². The Hall–Kier alpha value is -2.58. The molecular formula is C27H29ClF2N6. The second kappa shape index (κ2) is 7.48. The smallest absolute Gasteiger partial charge is 0.251 e. The van der Waals surface area contributed by atoms with E-state index in [0.717, 1.165) is 60.3 Å². The predicted octanol–water partition coefficient (Wildman–Crippen LogP) is 5.51. The highest BCUT2D eigenvalue weighted by Gasteiger charge is 2.57. The van der Waals surface area contributed by atoms with E-state index in [0.29, 0.717) is 29.4 Å². The molecule has 9 heteroatoms. The molecule has 3 fully saturated rings. The van der Waals surface area contributed by atoms with Gasteiger partial charge in [0, 0.05) is 60.1 Å². The van der Waals surface area contributed by atoms with Crippen molar-refractivity contribution in [3.63, 3.8) is 0 Å². The van der Waals surface area contributed by atoms with Crippen LogP contribution >= 0.6 is 11.6 Å². The molecule has 2 aliphatic heterocycles. The molecule has 0 N–H and O–H groups in total. The SMILES string of the molecule is Cc1cccc(N2CC3(CC(c4nnc5n4-c4ccc(Cl)cc4CN(C4(C)CC(F)(F)C4)C5)C3)C2)n1. The van der Waals surface area contributed by atoms with E-state index in [-0.39, 0.29) is 12.8 Å². The number of benzene rings is 1. The van der Waals surface area contributed by atoms with Gasteiger partial charge in [-0.25, -0.2) is 13.8 Å². The van der Waals surface area contributed by atoms with Gasteiger partial charge in [-0.1, -0.05) is 17.7 Å². The third kappa shape index (κ3) is 3.48. The van der Waals surface area contributed by atoms with Gasteiger partial charge in [-0.3, -0.25) is 9.47 Å². The van der Waals surface area contributed by atoms with Crippen LogP contribution in [-0.4, -0.2) is 49.2 Å². The third-order valence-corrected chi connectivity index (χ3v) is 8.98. The van der Waals surface area contributed by atoms with Gasteiger partial charge in [0.1, 0.15) is 11.6 Å². The molecule has 2 aromatic heterocycles. The number of aromatic nitrogens is 4. The molecule has 4 aliphatic rings. The van der Waals surface area contributed by atoms with Crippen molar-refractivity contribution in [3.05, 3.63) is 64.3 Å². The van der Waals surface area contributed by atoms with Crippen molar-refractivity contribution in [2.45, 2.75) is 70.0 Å². The molecule has 1 spiro atoms. The first-order valence-corrected chi connectivity index (χ1v) is 13.0. The van der Waals surface area contributed by atoms with Gasteiger partial charge in [0.05, 0.1) is 12.2 Å². The minimum atomic E-state index is -2.60. The number of rotatable bonds is 3. The van der Waals surface area contributed by atoms with Gasteiger partial charge >= 0.3 is 0 Å². The maximum Gasteiger partial charge on any atom is 0.251 e. The molecule has 1 aromatic carbocycles. The van der Waals surface area contributed by atoms with Crippen molar-refractivity contribution in [2.75, 3.05) is 18.0 Å². The molecule has 4 heterocycles. The largest absolute Gasteiger partial charge is 0.355 e. The van der Waals surface area contributed by atoms with Gasteiger partial charge in [0.2, 0.25) is 0 Å². The fourth-order valence-electron chi connectivity index (χ4n) is 7.02. The minimum Gasteiger partial charge on any atom is -0.355 e. The Morgan fingerprint density at radius 3 is 2.53 bits per heavy atom. The highest BCUT2D eigenvalue weighted by Crippen LogP contribution is 2.57. The topological polar surface area (TPSA) is 50.1 Å². The number of hydrogen-bond acceptors (Lipinski definition) is 5. The summed E-state index contributed by atoms with van der Waals surface area (Å²) in [6, 6.07) is 12.1. The number of pyridine rings is 1. The summed E-state index contributed by atoms with van der Waals surface area (Å²) in [5.41, 5.74) is 2.84. The predicted molar refractivity (Wildman–Crippen MR) is 134 cm³/mol. The molecule has 188 valence electrons. The zero-order valence-electron chi connectivity index (χ0n) is 20.5. The number of aryl methyl sites for hydroxylation is 1. The second-order valence-electron chi connectivity index (χ2n) is 11.7. The van der Waals surface area contributed by atoms with E-state index in [2.05, 4.69) is 41.7 Å². The van der Waals surface area contributed by atoms with Crippen LogP contribution in [0.15, 0.2) is 36.4 Å². The van der Waals surface area contributed by atoms with E-state index in [1.807, 2.05) is 38.1 Å². The van der Waals surface area contributed by atoms with E-state index < -0.39 is 11.5 Å². The standard InChI is InChI=1S/C27H29ClF2N6/c1-17-4-3-5-22(31-17)34-15-26(16-34)9-19(10-26)24-33-32-23-12-35(25(2)13-27(29,30)14-25)11-18-8-20(28)6-7-21(18)36(23)24/h3-8,19H,9-16H2,1-2H3. The average molecular weight is 511 g/mol. The fraction of sp³-hybridized carbons (Fsp3) is 0.519. The number of hydrogen-bond donors (Lipinski definition) is 0. The maximum absolute atomic E-state index is 13.9. The van der Waals surface area contributed by atoms with Crippen LogP contribution in [0, 0.1) is 12.3 Å². The van der Waals surface area contributed by atoms with E-state index in [9.17, 15) is 8.78 Å². The molecule has 3 aromatic rings. The number of halogens is 3. The van der Waals surface area contributed by atoms with Crippen LogP contribution in [0.5, 0.6) is 0 Å². The Morgan fingerprint density at radius 2 is 1.81 bits per heavy atom. The minimum absolute atomic E-state index is 0.131. The van der Waals surface area contributed by atoms with Gasteiger partial charge in [-0.2, -0.15) is 0 Å². The molecule has 0 unspecified atom stereocenters. The summed E-state index contributed by atoms with van der Waals surface area (Å²) in [4.78, 5) is 9.17. The molecule has 2 saturated carbocycles. The number of anilines is 1. The lowest BCUT2D eigenvalue weighted by Crippen LogP contribution is -2.62. The molecule has 0 atom stereocenters. The molecule has 0 bridgehead atoms. The Bertz CT molecular complexity index is 1350. The number of nitrogens with zero attached hydrogens (tertiary/aromatic N) is 6. The Balaban J connectivity index is 1.15. The number of fused-ring (bicyclic) bond motifs is 3. The second-order valence-corrected chi connectivity index (χ2v) is 12.2. The highest BCUT2D eigenvalue weighted by molar-refractivity contribution is 6.30. The van der Waals surface area contributed by atoms with E-state index in [1.54, 1.807) is 0 Å². The van der Waals surface area contributed by atoms with Crippen molar-refractivity contribution < 1.29 is 8.78 Å². The zero-order chi connectivity index (χ0) is 24.9. The molecule has 36 heavy (non-hydrogen) atoms. The summed E-state index contributed by atoms with van der Waals surface area (Å²) < 4.78 is 30.0. The normalized spacial score (nSPS) is 23.8. The molecule has 7 rings (SSSR count). The van der Waals surface area contributed by atoms with Gasteiger partial charge in [0.25, 0.3) is 5.92 Å². The summed E-state index contributed by atoms with van der Waals surface area (Å²) in [6.07, 6.45) is 1.89. The lowest BCUT2D eigenvalue weighted by Gasteiger charge is -2.59. The van der Waals surface area contributed by atoms with Crippen molar-refractivity contribution in [1.29, 1.82) is 0 Å². The lowest BCUT2D eigenvalue weighted by molar-refractivity contribution is -0.173. The summed E-state index contributed by atoms with van der Waals surface area (Å²) in [5, 5.41) is 9.91. The van der Waals surface area contributed by atoms with Crippen LogP contribution in [0.25, 0.3) is 5.69 Å². The quantitative estimate of drug-likeness (QED) is 0.465. The molecule has 6 nitrogen and oxygen atoms in total. The van der Waals surface area contributed by atoms with Crippen LogP contribution in [0.3, 0.4) is 0 Å². The van der Waals surface area contributed by atoms with E-state index >= 15 is 0 Å². The van der Waals surface area contributed by atoms with Crippen molar-refractivity contribution in [2.24, 2.45) is 5.41 Å². The first-order chi connectivity index (χ1) is 17.1. The van der Waals surface area contributed by atoms with Crippen molar-refractivity contribution in [3.8, 4) is 5.69 Å². The first-order valence-electron chi connectivity index (χ1n) is 12.7. The van der Waals surface area contributed by atoms with Gasteiger partial charge < -0.3 is 4.90 Å². The number of alkyl halides is 2. The van der Waals surface area contributed by atoms with E-state index in [1.165, 1.54) is 0 Å². The van der Waals surface area contributed by atoms with Crippen molar-refractivity contribution in [1.82, 2.24) is 24.6 Å². The van der Waals surface area contributed by atoms with E-state index in [4.69, 9.17) is 11.6 Å². The molecule has 0 amide bonds. The lowest BCUT2D eigenvalue weighted by atomic mass is 9.57.